The second-order valence-electron chi connectivity index (χ2n) is 6.76. The number of halogens is 1. The predicted molar refractivity (Wildman–Crippen MR) is 108 cm³/mol. The Hall–Kier alpha value is -3.34. The van der Waals surface area contributed by atoms with Crippen LogP contribution in [-0.2, 0) is 13.1 Å². The van der Waals surface area contributed by atoms with Crippen molar-refractivity contribution < 1.29 is 9.13 Å². The predicted octanol–water partition coefficient (Wildman–Crippen LogP) is 4.50. The molecule has 0 saturated heterocycles. The topological polar surface area (TPSA) is 42.9 Å². The Labute approximate surface area is 163 Å². The number of nitrogens with one attached hydrogen (secondary N) is 1. The van der Waals surface area contributed by atoms with Crippen LogP contribution in [0, 0.1) is 18.2 Å². The van der Waals surface area contributed by atoms with E-state index >= 15 is 0 Å². The molecule has 1 N–H and O–H groups in total. The maximum absolute atomic E-state index is 14.1. The quantitative estimate of drug-likeness (QED) is 0.530. The second kappa shape index (κ2) is 7.72. The highest BCUT2D eigenvalue weighted by Crippen LogP contribution is 2.18. The number of hydrogen-bond donors (Lipinski definition) is 1. The molecule has 0 spiro atoms. The summed E-state index contributed by atoms with van der Waals surface area (Å²) in [5, 5.41) is 8.67. The van der Waals surface area contributed by atoms with Crippen LogP contribution >= 0.6 is 0 Å². The van der Waals surface area contributed by atoms with Crippen molar-refractivity contribution in [2.24, 2.45) is 0 Å². The summed E-state index contributed by atoms with van der Waals surface area (Å²) in [5.41, 5.74) is 3.84. The lowest BCUT2D eigenvalue weighted by Gasteiger charge is -2.10. The number of para-hydroxylation sites is 3. The fourth-order valence-corrected chi connectivity index (χ4v) is 3.44. The van der Waals surface area contributed by atoms with Crippen LogP contribution in [0.3, 0.4) is 0 Å². The smallest absolute Gasteiger partial charge is 0.203 e. The van der Waals surface area contributed by atoms with E-state index in [1.54, 1.807) is 12.1 Å². The van der Waals surface area contributed by atoms with Gasteiger partial charge >= 0.3 is 0 Å². The van der Waals surface area contributed by atoms with Crippen molar-refractivity contribution in [3.8, 4) is 5.75 Å². The van der Waals surface area contributed by atoms with Gasteiger partial charge in [0, 0.05) is 5.56 Å². The summed E-state index contributed by atoms with van der Waals surface area (Å²) in [6.07, 6.45) is 0. The lowest BCUT2D eigenvalue weighted by molar-refractivity contribution is 0.295. The molecule has 0 unspecified atom stereocenters. The van der Waals surface area contributed by atoms with E-state index in [0.29, 0.717) is 30.9 Å². The van der Waals surface area contributed by atoms with E-state index < -0.39 is 0 Å². The Morgan fingerprint density at radius 1 is 0.857 bits per heavy atom. The highest BCUT2D eigenvalue weighted by atomic mass is 19.1. The summed E-state index contributed by atoms with van der Waals surface area (Å²) >= 11 is 0. The minimum atomic E-state index is -0.255. The third-order valence-electron chi connectivity index (χ3n) is 4.93. The third kappa shape index (κ3) is 3.43. The van der Waals surface area contributed by atoms with Gasteiger partial charge in [0.25, 0.3) is 0 Å². The number of ether oxygens (including phenoxy) is 1. The first-order valence-electron chi connectivity index (χ1n) is 9.29. The van der Waals surface area contributed by atoms with Crippen molar-refractivity contribution in [2.45, 2.75) is 20.0 Å². The van der Waals surface area contributed by atoms with E-state index in [2.05, 4.69) is 0 Å². The summed E-state index contributed by atoms with van der Waals surface area (Å²) in [6.45, 7) is 3.32. The Morgan fingerprint density at radius 2 is 1.50 bits per heavy atom. The number of fused-ring (bicyclic) bond motifs is 1. The van der Waals surface area contributed by atoms with Gasteiger partial charge < -0.3 is 13.9 Å². The normalized spacial score (nSPS) is 11.1. The fraction of sp³-hybridized carbons (Fsp3) is 0.174. The molecule has 142 valence electrons. The SMILES string of the molecule is Cc1ccccc1OCCn1c(=N)n(Cc2ccccc2F)c2ccccc21. The van der Waals surface area contributed by atoms with E-state index in [-0.39, 0.29) is 5.82 Å². The van der Waals surface area contributed by atoms with Gasteiger partial charge in [-0.3, -0.25) is 5.41 Å². The standard InChI is InChI=1S/C23H22FN3O/c1-17-8-2-7-13-22(17)28-15-14-26-20-11-5-6-12-21(20)27(23(26)25)16-18-9-3-4-10-19(18)24/h2-13,25H,14-16H2,1H3. The highest BCUT2D eigenvalue weighted by molar-refractivity contribution is 5.76. The lowest BCUT2D eigenvalue weighted by Crippen LogP contribution is -2.27. The fourth-order valence-electron chi connectivity index (χ4n) is 3.44. The average molecular weight is 375 g/mol. The number of aryl methyl sites for hydroxylation is 1. The summed E-state index contributed by atoms with van der Waals surface area (Å²) < 4.78 is 23.8. The zero-order chi connectivity index (χ0) is 19.5. The maximum Gasteiger partial charge on any atom is 0.203 e. The summed E-state index contributed by atoms with van der Waals surface area (Å²) in [6, 6.07) is 22.4. The summed E-state index contributed by atoms with van der Waals surface area (Å²) in [4.78, 5) is 0. The number of benzene rings is 3. The van der Waals surface area contributed by atoms with Crippen LogP contribution in [0.5, 0.6) is 5.75 Å². The first-order chi connectivity index (χ1) is 13.6. The largest absolute Gasteiger partial charge is 0.491 e. The molecule has 1 heterocycles. The van der Waals surface area contributed by atoms with Crippen LogP contribution in [0.15, 0.2) is 72.8 Å². The number of imidazole rings is 1. The molecule has 0 amide bonds. The third-order valence-corrected chi connectivity index (χ3v) is 4.93. The van der Waals surface area contributed by atoms with Gasteiger partial charge in [0.2, 0.25) is 5.62 Å². The molecule has 0 bridgehead atoms. The molecule has 0 atom stereocenters. The highest BCUT2D eigenvalue weighted by Gasteiger charge is 2.12. The maximum atomic E-state index is 14.1. The first kappa shape index (κ1) is 18.0. The second-order valence-corrected chi connectivity index (χ2v) is 6.76. The van der Waals surface area contributed by atoms with Crippen LogP contribution in [0.1, 0.15) is 11.1 Å². The monoisotopic (exact) mass is 375 g/mol. The Balaban J connectivity index is 1.64. The molecule has 5 heteroatoms. The molecule has 4 rings (SSSR count). The van der Waals surface area contributed by atoms with Crippen molar-refractivity contribution in [3.05, 3.63) is 95.4 Å². The number of aromatic nitrogens is 2. The van der Waals surface area contributed by atoms with Crippen LogP contribution in [-0.4, -0.2) is 15.7 Å². The van der Waals surface area contributed by atoms with Crippen molar-refractivity contribution in [2.75, 3.05) is 6.61 Å². The van der Waals surface area contributed by atoms with Crippen LogP contribution < -0.4 is 10.4 Å². The average Bonchev–Trinajstić information content (AvgIpc) is 2.97. The lowest BCUT2D eigenvalue weighted by atomic mass is 10.2. The zero-order valence-electron chi connectivity index (χ0n) is 15.7. The Bertz CT molecular complexity index is 1180. The molecule has 0 aliphatic rings. The van der Waals surface area contributed by atoms with E-state index in [0.717, 1.165) is 22.3 Å². The number of nitrogens with zero attached hydrogens (tertiary/aromatic N) is 2. The van der Waals surface area contributed by atoms with E-state index in [1.807, 2.05) is 70.7 Å². The molecule has 0 aliphatic heterocycles. The van der Waals surface area contributed by atoms with Crippen LogP contribution in [0.25, 0.3) is 11.0 Å². The van der Waals surface area contributed by atoms with Crippen LogP contribution in [0.2, 0.25) is 0 Å². The summed E-state index contributed by atoms with van der Waals surface area (Å²) in [7, 11) is 0. The Morgan fingerprint density at radius 3 is 2.25 bits per heavy atom. The van der Waals surface area contributed by atoms with Crippen molar-refractivity contribution in [1.82, 2.24) is 9.13 Å². The number of rotatable bonds is 6. The van der Waals surface area contributed by atoms with Gasteiger partial charge in [-0.2, -0.15) is 0 Å². The van der Waals surface area contributed by atoms with Gasteiger partial charge in [-0.1, -0.05) is 48.5 Å². The summed E-state index contributed by atoms with van der Waals surface area (Å²) in [5.74, 6) is 0.596. The van der Waals surface area contributed by atoms with E-state index in [9.17, 15) is 4.39 Å². The molecule has 4 aromatic rings. The van der Waals surface area contributed by atoms with Gasteiger partial charge in [-0.25, -0.2) is 4.39 Å². The molecule has 0 aliphatic carbocycles. The van der Waals surface area contributed by atoms with Gasteiger partial charge in [0.1, 0.15) is 18.2 Å². The minimum absolute atomic E-state index is 0.255. The molecular formula is C23H22FN3O. The molecule has 0 saturated carbocycles. The minimum Gasteiger partial charge on any atom is -0.491 e. The first-order valence-corrected chi connectivity index (χ1v) is 9.29. The molecule has 0 radical (unpaired) electrons. The van der Waals surface area contributed by atoms with Gasteiger partial charge in [0.15, 0.2) is 0 Å². The van der Waals surface area contributed by atoms with Gasteiger partial charge in [-0.15, -0.1) is 0 Å². The molecule has 3 aromatic carbocycles. The molecule has 1 aromatic heterocycles. The Kier molecular flexibility index (Phi) is 4.98. The van der Waals surface area contributed by atoms with E-state index in [1.165, 1.54) is 6.07 Å². The number of hydrogen-bond acceptors (Lipinski definition) is 2. The van der Waals surface area contributed by atoms with Crippen LogP contribution in [0.4, 0.5) is 4.39 Å². The zero-order valence-corrected chi connectivity index (χ0v) is 15.7. The molecule has 0 fully saturated rings. The van der Waals surface area contributed by atoms with E-state index in [4.69, 9.17) is 10.1 Å². The van der Waals surface area contributed by atoms with Gasteiger partial charge in [-0.05, 0) is 36.8 Å². The van der Waals surface area contributed by atoms with Crippen molar-refractivity contribution in [1.29, 1.82) is 5.41 Å². The van der Waals surface area contributed by atoms with Crippen molar-refractivity contribution >= 4 is 11.0 Å². The molecule has 28 heavy (non-hydrogen) atoms. The molecule has 4 nitrogen and oxygen atoms in total. The van der Waals surface area contributed by atoms with Crippen molar-refractivity contribution in [3.63, 3.8) is 0 Å². The molecular weight excluding hydrogens is 353 g/mol. The van der Waals surface area contributed by atoms with Gasteiger partial charge in [0.05, 0.1) is 24.1 Å².